The van der Waals surface area contributed by atoms with E-state index in [1.807, 2.05) is 32.0 Å². The van der Waals surface area contributed by atoms with E-state index in [2.05, 4.69) is 34.9 Å². The first kappa shape index (κ1) is 29.8. The van der Waals surface area contributed by atoms with Crippen molar-refractivity contribution in [3.63, 3.8) is 0 Å². The molecular weight excluding hydrogens is 590 g/mol. The highest BCUT2D eigenvalue weighted by molar-refractivity contribution is 9.10. The third kappa shape index (κ3) is 6.27. The first-order valence-corrected chi connectivity index (χ1v) is 14.0. The number of aliphatic carboxylic acids is 1. The summed E-state index contributed by atoms with van der Waals surface area (Å²) < 4.78 is 18.8. The lowest BCUT2D eigenvalue weighted by Gasteiger charge is -2.17. The predicted molar refractivity (Wildman–Crippen MR) is 163 cm³/mol. The molecule has 0 saturated carbocycles. The van der Waals surface area contributed by atoms with Crippen LogP contribution in [-0.2, 0) is 4.79 Å². The summed E-state index contributed by atoms with van der Waals surface area (Å²) in [6.07, 6.45) is 0.453. The van der Waals surface area contributed by atoms with Gasteiger partial charge in [0.05, 0.1) is 30.8 Å². The van der Waals surface area contributed by atoms with Crippen LogP contribution in [0.2, 0.25) is 0 Å². The van der Waals surface area contributed by atoms with Gasteiger partial charge in [0.25, 0.3) is 5.56 Å². The van der Waals surface area contributed by atoms with Crippen LogP contribution in [0, 0.1) is 6.92 Å². The second kappa shape index (κ2) is 12.6. The molecule has 3 aromatic carbocycles. The molecule has 0 aliphatic carbocycles. The Labute approximate surface area is 246 Å². The highest BCUT2D eigenvalue weighted by Crippen LogP contribution is 2.35. The molecule has 0 aliphatic rings. The van der Waals surface area contributed by atoms with Crippen molar-refractivity contribution in [1.82, 2.24) is 9.66 Å². The third-order valence-corrected chi connectivity index (χ3v) is 7.21. The lowest BCUT2D eigenvalue weighted by Crippen LogP contribution is -2.23. The van der Waals surface area contributed by atoms with E-state index in [-0.39, 0.29) is 17.2 Å². The Bertz CT molecular complexity index is 1700. The Kier molecular flexibility index (Phi) is 9.12. The van der Waals surface area contributed by atoms with Crippen molar-refractivity contribution in [3.8, 4) is 28.6 Å². The topological polar surface area (TPSA) is 112 Å². The number of hydrogen-bond donors (Lipinski definition) is 1. The molecule has 41 heavy (non-hydrogen) atoms. The molecule has 0 fully saturated rings. The number of fused-ring (bicyclic) bond motifs is 1. The molecule has 10 heteroatoms. The minimum absolute atomic E-state index is 0.172. The fourth-order valence-corrected chi connectivity index (χ4v) is 4.77. The van der Waals surface area contributed by atoms with E-state index in [4.69, 9.17) is 19.2 Å². The van der Waals surface area contributed by atoms with E-state index in [1.165, 1.54) is 17.8 Å². The van der Waals surface area contributed by atoms with Crippen LogP contribution in [0.4, 0.5) is 0 Å². The minimum atomic E-state index is -1.10. The summed E-state index contributed by atoms with van der Waals surface area (Å²) in [7, 11) is 1.64. The van der Waals surface area contributed by atoms with Gasteiger partial charge in [-0.25, -0.2) is 9.78 Å². The van der Waals surface area contributed by atoms with Crippen molar-refractivity contribution in [1.29, 1.82) is 0 Å². The number of rotatable bonds is 10. The van der Waals surface area contributed by atoms with Gasteiger partial charge in [0.15, 0.2) is 23.4 Å². The monoisotopic (exact) mass is 621 g/mol. The number of carbonyl (C=O) groups is 1. The molecule has 1 N–H and O–H groups in total. The van der Waals surface area contributed by atoms with Crippen LogP contribution in [0.25, 0.3) is 22.3 Å². The van der Waals surface area contributed by atoms with Crippen molar-refractivity contribution >= 4 is 39.0 Å². The van der Waals surface area contributed by atoms with Crippen molar-refractivity contribution < 1.29 is 24.1 Å². The van der Waals surface area contributed by atoms with Crippen LogP contribution in [-0.4, -0.2) is 46.8 Å². The molecule has 0 saturated heterocycles. The molecule has 9 nitrogen and oxygen atoms in total. The molecule has 0 bridgehead atoms. The Morgan fingerprint density at radius 1 is 1.12 bits per heavy atom. The fraction of sp³-hybridized carbons (Fsp3) is 0.290. The Balaban J connectivity index is 1.91. The normalized spacial score (nSPS) is 12.2. The van der Waals surface area contributed by atoms with Gasteiger partial charge in [-0.2, -0.15) is 9.78 Å². The molecule has 1 atom stereocenters. The summed E-state index contributed by atoms with van der Waals surface area (Å²) in [5, 5.41) is 14.3. The zero-order chi connectivity index (χ0) is 29.8. The van der Waals surface area contributed by atoms with E-state index in [0.29, 0.717) is 39.1 Å². The summed E-state index contributed by atoms with van der Waals surface area (Å²) in [5.74, 6) is 0.855. The van der Waals surface area contributed by atoms with Crippen LogP contribution in [0.5, 0.6) is 17.2 Å². The van der Waals surface area contributed by atoms with Crippen LogP contribution in [0.1, 0.15) is 50.3 Å². The summed E-state index contributed by atoms with van der Waals surface area (Å²) >= 11 is 3.52. The maximum atomic E-state index is 13.8. The molecule has 0 unspecified atom stereocenters. The van der Waals surface area contributed by atoms with Crippen molar-refractivity contribution in [2.75, 3.05) is 13.7 Å². The minimum Gasteiger partial charge on any atom is -0.496 e. The maximum absolute atomic E-state index is 13.8. The standard InChI is InChI=1S/C31H32BrN3O6/c1-7-40-27-13-20(24(32)15-28(27)41-19(5)31(37)38)16-33-35-29(34-25-11-9-8-10-21(25)30(35)36)23-14-22(17(2)3)26(39-6)12-18(23)4/h8-17,19H,7H2,1-6H3,(H,37,38)/t19-/m0/s1. The lowest BCUT2D eigenvalue weighted by atomic mass is 9.96. The summed E-state index contributed by atoms with van der Waals surface area (Å²) in [4.78, 5) is 30.0. The summed E-state index contributed by atoms with van der Waals surface area (Å²) in [5.41, 5.74) is 3.46. The molecule has 4 aromatic rings. The van der Waals surface area contributed by atoms with Gasteiger partial charge >= 0.3 is 5.97 Å². The average molecular weight is 623 g/mol. The molecule has 0 radical (unpaired) electrons. The number of hydrogen-bond acceptors (Lipinski definition) is 7. The molecule has 0 amide bonds. The van der Waals surface area contributed by atoms with Crippen molar-refractivity contribution in [2.45, 2.75) is 46.6 Å². The number of halogens is 1. The second-order valence-corrected chi connectivity index (χ2v) is 10.6. The Morgan fingerprint density at radius 3 is 2.51 bits per heavy atom. The summed E-state index contributed by atoms with van der Waals surface area (Å²) in [6, 6.07) is 14.4. The first-order chi connectivity index (χ1) is 19.5. The van der Waals surface area contributed by atoms with Crippen LogP contribution >= 0.6 is 15.9 Å². The highest BCUT2D eigenvalue weighted by atomic mass is 79.9. The number of aromatic nitrogens is 2. The van der Waals surface area contributed by atoms with Gasteiger partial charge in [0.2, 0.25) is 0 Å². The van der Waals surface area contributed by atoms with Crippen LogP contribution in [0.3, 0.4) is 0 Å². The van der Waals surface area contributed by atoms with Gasteiger partial charge in [-0.05, 0) is 90.1 Å². The number of aryl methyl sites for hydroxylation is 1. The largest absolute Gasteiger partial charge is 0.496 e. The SMILES string of the molecule is CCOc1cc(C=Nn2c(-c3cc(C(C)C)c(OC)cc3C)nc3ccccc3c2=O)c(Br)cc1O[C@@H](C)C(=O)O. The van der Waals surface area contributed by atoms with Crippen LogP contribution in [0.15, 0.2) is 62.9 Å². The molecule has 1 heterocycles. The van der Waals surface area contributed by atoms with Gasteiger partial charge in [-0.1, -0.05) is 26.0 Å². The van der Waals surface area contributed by atoms with Gasteiger partial charge in [0.1, 0.15) is 5.75 Å². The molecular formula is C31H32BrN3O6. The van der Waals surface area contributed by atoms with Gasteiger partial charge in [-0.3, -0.25) is 4.79 Å². The fourth-order valence-electron chi connectivity index (χ4n) is 4.34. The number of carboxylic acid groups (broad SMARTS) is 1. The quantitative estimate of drug-likeness (QED) is 0.204. The van der Waals surface area contributed by atoms with Crippen molar-refractivity contribution in [3.05, 3.63) is 80.0 Å². The summed E-state index contributed by atoms with van der Waals surface area (Å²) in [6.45, 7) is 9.69. The molecule has 0 spiro atoms. The number of benzene rings is 3. The van der Waals surface area contributed by atoms with E-state index in [0.717, 1.165) is 22.4 Å². The average Bonchev–Trinajstić information content (AvgIpc) is 2.94. The molecule has 214 valence electrons. The third-order valence-electron chi connectivity index (χ3n) is 6.52. The van der Waals surface area contributed by atoms with E-state index in [9.17, 15) is 14.7 Å². The second-order valence-electron chi connectivity index (χ2n) is 9.73. The van der Waals surface area contributed by atoms with Crippen molar-refractivity contribution in [2.24, 2.45) is 5.10 Å². The van der Waals surface area contributed by atoms with Crippen LogP contribution < -0.4 is 19.8 Å². The number of nitrogens with zero attached hydrogens (tertiary/aromatic N) is 3. The maximum Gasteiger partial charge on any atom is 0.344 e. The van der Waals surface area contributed by atoms with E-state index >= 15 is 0 Å². The molecule has 1 aromatic heterocycles. The predicted octanol–water partition coefficient (Wildman–Crippen LogP) is 6.40. The smallest absolute Gasteiger partial charge is 0.344 e. The number of ether oxygens (including phenoxy) is 3. The molecule has 0 aliphatic heterocycles. The lowest BCUT2D eigenvalue weighted by molar-refractivity contribution is -0.144. The van der Waals surface area contributed by atoms with Gasteiger partial charge in [0, 0.05) is 15.6 Å². The Hall–Kier alpha value is -4.18. The van der Waals surface area contributed by atoms with Gasteiger partial charge < -0.3 is 19.3 Å². The number of methoxy groups -OCH3 is 1. The number of carboxylic acids is 1. The first-order valence-electron chi connectivity index (χ1n) is 13.2. The van der Waals surface area contributed by atoms with Gasteiger partial charge in [-0.15, -0.1) is 0 Å². The molecule has 4 rings (SSSR count). The highest BCUT2D eigenvalue weighted by Gasteiger charge is 2.20. The Morgan fingerprint density at radius 2 is 1.85 bits per heavy atom. The van der Waals surface area contributed by atoms with E-state index < -0.39 is 12.1 Å². The number of para-hydroxylation sites is 1. The van der Waals surface area contributed by atoms with E-state index in [1.54, 1.807) is 37.4 Å². The zero-order valence-electron chi connectivity index (χ0n) is 23.8. The zero-order valence-corrected chi connectivity index (χ0v) is 25.4.